The zero-order valence-electron chi connectivity index (χ0n) is 14.2. The lowest BCUT2D eigenvalue weighted by Gasteiger charge is -2.32. The molecule has 0 spiro atoms. The average Bonchev–Trinajstić information content (AvgIpc) is 3.08. The van der Waals surface area contributed by atoms with Crippen LogP contribution in [0.5, 0.6) is 0 Å². The van der Waals surface area contributed by atoms with Crippen LogP contribution in [0.25, 0.3) is 0 Å². The molecular weight excluding hydrogens is 322 g/mol. The van der Waals surface area contributed by atoms with E-state index in [2.05, 4.69) is 17.2 Å². The first-order chi connectivity index (χ1) is 11.7. The Hall–Kier alpha value is -1.56. The van der Waals surface area contributed by atoms with Gasteiger partial charge in [-0.25, -0.2) is 4.98 Å². The topological polar surface area (TPSA) is 62.3 Å². The molecule has 3 rings (SSSR count). The van der Waals surface area contributed by atoms with Gasteiger partial charge < -0.3 is 10.2 Å². The Labute approximate surface area is 147 Å². The molecule has 2 aliphatic rings. The SMILES string of the molecule is CCCCN1C(=O)[C@H](CC(=O)NC2CCCC2)Sc2ncccc21. The third-order valence-electron chi connectivity index (χ3n) is 4.66. The summed E-state index contributed by atoms with van der Waals surface area (Å²) in [4.78, 5) is 31.4. The third-order valence-corrected chi connectivity index (χ3v) is 5.85. The van der Waals surface area contributed by atoms with Crippen LogP contribution in [-0.4, -0.2) is 34.6 Å². The van der Waals surface area contributed by atoms with E-state index in [9.17, 15) is 9.59 Å². The van der Waals surface area contributed by atoms with Crippen LogP contribution in [0.4, 0.5) is 5.69 Å². The number of nitrogens with zero attached hydrogens (tertiary/aromatic N) is 2. The summed E-state index contributed by atoms with van der Waals surface area (Å²) in [6.07, 6.45) is 8.45. The van der Waals surface area contributed by atoms with Gasteiger partial charge in [-0.3, -0.25) is 9.59 Å². The predicted octanol–water partition coefficient (Wildman–Crippen LogP) is 3.14. The molecule has 1 aromatic heterocycles. The maximum Gasteiger partial charge on any atom is 0.241 e. The van der Waals surface area contributed by atoms with E-state index in [4.69, 9.17) is 0 Å². The molecule has 1 saturated carbocycles. The second kappa shape index (κ2) is 8.01. The Morgan fingerprint density at radius 3 is 2.96 bits per heavy atom. The molecule has 1 N–H and O–H groups in total. The standard InChI is InChI=1S/C18H25N3O2S/c1-2-3-11-21-14-9-6-10-19-17(14)24-15(18(21)23)12-16(22)20-13-7-4-5-8-13/h6,9-10,13,15H,2-5,7-8,11-12H2,1H3,(H,20,22)/t15-/m0/s1. The van der Waals surface area contributed by atoms with Crippen LogP contribution in [0.1, 0.15) is 51.9 Å². The van der Waals surface area contributed by atoms with E-state index in [0.29, 0.717) is 12.6 Å². The average molecular weight is 347 g/mol. The van der Waals surface area contributed by atoms with E-state index in [1.54, 1.807) is 6.20 Å². The van der Waals surface area contributed by atoms with Gasteiger partial charge in [-0.15, -0.1) is 0 Å². The number of pyridine rings is 1. The normalized spacial score (nSPS) is 21.0. The number of thioether (sulfide) groups is 1. The van der Waals surface area contributed by atoms with Crippen molar-refractivity contribution in [2.75, 3.05) is 11.4 Å². The molecule has 1 aliphatic carbocycles. The third kappa shape index (κ3) is 3.91. The molecular formula is C18H25N3O2S. The van der Waals surface area contributed by atoms with Crippen LogP contribution in [-0.2, 0) is 9.59 Å². The molecule has 1 aromatic rings. The van der Waals surface area contributed by atoms with Crippen molar-refractivity contribution in [1.82, 2.24) is 10.3 Å². The first kappa shape index (κ1) is 17.3. The summed E-state index contributed by atoms with van der Waals surface area (Å²) in [5, 5.41) is 3.57. The molecule has 5 nitrogen and oxygen atoms in total. The van der Waals surface area contributed by atoms with Crippen LogP contribution in [0, 0.1) is 0 Å². The summed E-state index contributed by atoms with van der Waals surface area (Å²) >= 11 is 1.43. The summed E-state index contributed by atoms with van der Waals surface area (Å²) in [6, 6.07) is 4.10. The molecule has 2 amide bonds. The van der Waals surface area contributed by atoms with Gasteiger partial charge in [0.15, 0.2) is 0 Å². The number of nitrogens with one attached hydrogen (secondary N) is 1. The first-order valence-corrected chi connectivity index (χ1v) is 9.79. The maximum absolute atomic E-state index is 12.9. The molecule has 130 valence electrons. The minimum atomic E-state index is -0.370. The fourth-order valence-electron chi connectivity index (χ4n) is 3.36. The number of carbonyl (C=O) groups excluding carboxylic acids is 2. The van der Waals surface area contributed by atoms with Crippen molar-refractivity contribution in [2.24, 2.45) is 0 Å². The van der Waals surface area contributed by atoms with Crippen molar-refractivity contribution in [3.05, 3.63) is 18.3 Å². The molecule has 0 bridgehead atoms. The molecule has 0 aromatic carbocycles. The van der Waals surface area contributed by atoms with Gasteiger partial charge in [0.2, 0.25) is 11.8 Å². The van der Waals surface area contributed by atoms with E-state index in [0.717, 1.165) is 36.4 Å². The van der Waals surface area contributed by atoms with Crippen LogP contribution in [0.3, 0.4) is 0 Å². The number of amides is 2. The van der Waals surface area contributed by atoms with Crippen molar-refractivity contribution in [1.29, 1.82) is 0 Å². The number of hydrogen-bond acceptors (Lipinski definition) is 4. The number of fused-ring (bicyclic) bond motifs is 1. The van der Waals surface area contributed by atoms with E-state index in [1.807, 2.05) is 17.0 Å². The predicted molar refractivity (Wildman–Crippen MR) is 96.2 cm³/mol. The van der Waals surface area contributed by atoms with Gasteiger partial charge >= 0.3 is 0 Å². The van der Waals surface area contributed by atoms with E-state index >= 15 is 0 Å². The van der Waals surface area contributed by atoms with Gasteiger partial charge in [0.05, 0.1) is 10.9 Å². The number of aromatic nitrogens is 1. The highest BCUT2D eigenvalue weighted by atomic mass is 32.2. The summed E-state index contributed by atoms with van der Waals surface area (Å²) in [6.45, 7) is 2.80. The molecule has 2 heterocycles. The van der Waals surface area contributed by atoms with Gasteiger partial charge in [-0.1, -0.05) is 37.9 Å². The summed E-state index contributed by atoms with van der Waals surface area (Å²) in [5.41, 5.74) is 0.883. The van der Waals surface area contributed by atoms with E-state index in [-0.39, 0.29) is 23.5 Å². The summed E-state index contributed by atoms with van der Waals surface area (Å²) in [7, 11) is 0. The molecule has 1 aliphatic heterocycles. The van der Waals surface area contributed by atoms with Gasteiger partial charge in [0.1, 0.15) is 5.03 Å². The van der Waals surface area contributed by atoms with Crippen molar-refractivity contribution in [2.45, 2.75) is 68.2 Å². The number of hydrogen-bond donors (Lipinski definition) is 1. The van der Waals surface area contributed by atoms with Gasteiger partial charge in [-0.2, -0.15) is 0 Å². The van der Waals surface area contributed by atoms with Crippen molar-refractivity contribution >= 4 is 29.3 Å². The highest BCUT2D eigenvalue weighted by Crippen LogP contribution is 2.38. The molecule has 0 unspecified atom stereocenters. The zero-order chi connectivity index (χ0) is 16.9. The number of unbranched alkanes of at least 4 members (excludes halogenated alkanes) is 1. The highest BCUT2D eigenvalue weighted by Gasteiger charge is 2.35. The molecule has 0 radical (unpaired) electrons. The van der Waals surface area contributed by atoms with Gasteiger partial charge in [0.25, 0.3) is 0 Å². The minimum absolute atomic E-state index is 0.0115. The lowest BCUT2D eigenvalue weighted by molar-refractivity contribution is -0.125. The van der Waals surface area contributed by atoms with Gasteiger partial charge in [-0.05, 0) is 31.4 Å². The monoisotopic (exact) mass is 347 g/mol. The molecule has 6 heteroatoms. The Kier molecular flexibility index (Phi) is 5.76. The Morgan fingerprint density at radius 2 is 2.21 bits per heavy atom. The second-order valence-corrected chi connectivity index (χ2v) is 7.72. The van der Waals surface area contributed by atoms with Crippen LogP contribution >= 0.6 is 11.8 Å². The number of carbonyl (C=O) groups is 2. The lowest BCUT2D eigenvalue weighted by atomic mass is 10.2. The highest BCUT2D eigenvalue weighted by molar-refractivity contribution is 8.00. The number of rotatable bonds is 6. The molecule has 24 heavy (non-hydrogen) atoms. The van der Waals surface area contributed by atoms with Crippen LogP contribution < -0.4 is 10.2 Å². The maximum atomic E-state index is 12.9. The second-order valence-electron chi connectivity index (χ2n) is 6.53. The largest absolute Gasteiger partial charge is 0.353 e. The molecule has 1 fully saturated rings. The fourth-order valence-corrected chi connectivity index (χ4v) is 4.51. The molecule has 0 saturated heterocycles. The summed E-state index contributed by atoms with van der Waals surface area (Å²) < 4.78 is 0. The quantitative estimate of drug-likeness (QED) is 0.859. The summed E-state index contributed by atoms with van der Waals surface area (Å²) in [5.74, 6) is 0.0260. The van der Waals surface area contributed by atoms with Gasteiger partial charge in [0, 0.05) is 25.2 Å². The number of anilines is 1. The lowest BCUT2D eigenvalue weighted by Crippen LogP contribution is -2.44. The Bertz CT molecular complexity index is 602. The zero-order valence-corrected chi connectivity index (χ0v) is 15.0. The van der Waals surface area contributed by atoms with E-state index < -0.39 is 0 Å². The van der Waals surface area contributed by atoms with Crippen molar-refractivity contribution in [3.63, 3.8) is 0 Å². The smallest absolute Gasteiger partial charge is 0.241 e. The first-order valence-electron chi connectivity index (χ1n) is 8.91. The fraction of sp³-hybridized carbons (Fsp3) is 0.611. The minimum Gasteiger partial charge on any atom is -0.353 e. The van der Waals surface area contributed by atoms with Crippen molar-refractivity contribution in [3.8, 4) is 0 Å². The van der Waals surface area contributed by atoms with Crippen LogP contribution in [0.15, 0.2) is 23.4 Å². The van der Waals surface area contributed by atoms with E-state index in [1.165, 1.54) is 24.6 Å². The molecule has 1 atom stereocenters. The Balaban J connectivity index is 1.69. The van der Waals surface area contributed by atoms with Crippen molar-refractivity contribution < 1.29 is 9.59 Å². The Morgan fingerprint density at radius 1 is 1.42 bits per heavy atom. The van der Waals surface area contributed by atoms with Crippen LogP contribution in [0.2, 0.25) is 0 Å².